The summed E-state index contributed by atoms with van der Waals surface area (Å²) in [5.74, 6) is -0.0286. The first-order valence-corrected chi connectivity index (χ1v) is 9.61. The third-order valence-corrected chi connectivity index (χ3v) is 5.42. The highest BCUT2D eigenvalue weighted by molar-refractivity contribution is 7.15. The fourth-order valence-corrected chi connectivity index (χ4v) is 3.90. The van der Waals surface area contributed by atoms with Gasteiger partial charge in [0.1, 0.15) is 5.75 Å². The molecule has 7 heteroatoms. The number of aromatic nitrogens is 1. The van der Waals surface area contributed by atoms with Crippen LogP contribution in [0.2, 0.25) is 0 Å². The average molecular weight is 394 g/mol. The van der Waals surface area contributed by atoms with E-state index in [4.69, 9.17) is 9.47 Å². The summed E-state index contributed by atoms with van der Waals surface area (Å²) >= 11 is 1.40. The Hall–Kier alpha value is -3.19. The number of nitrogens with one attached hydrogen (secondary N) is 1. The third-order valence-electron chi connectivity index (χ3n) is 4.51. The lowest BCUT2D eigenvalue weighted by atomic mass is 9.98. The number of benzene rings is 2. The maximum atomic E-state index is 12.5. The van der Waals surface area contributed by atoms with Gasteiger partial charge in [0.2, 0.25) is 0 Å². The summed E-state index contributed by atoms with van der Waals surface area (Å²) in [6.45, 7) is 0. The molecule has 0 radical (unpaired) electrons. The Bertz CT molecular complexity index is 1010. The summed E-state index contributed by atoms with van der Waals surface area (Å²) in [4.78, 5) is 29.9. The number of cyclic esters (lactones) is 1. The van der Waals surface area contributed by atoms with Crippen LogP contribution in [-0.4, -0.2) is 30.1 Å². The van der Waals surface area contributed by atoms with Gasteiger partial charge in [-0.1, -0.05) is 30.3 Å². The minimum absolute atomic E-state index is 0.359. The molecule has 142 valence electrons. The average Bonchev–Trinajstić information content (AvgIpc) is 3.15. The molecule has 6 nitrogen and oxygen atoms in total. The van der Waals surface area contributed by atoms with Crippen molar-refractivity contribution in [2.24, 2.45) is 0 Å². The van der Waals surface area contributed by atoms with Gasteiger partial charge in [-0.3, -0.25) is 10.1 Å². The molecular weight excluding hydrogens is 376 g/mol. The number of hydrogen-bond donors (Lipinski definition) is 1. The first-order chi connectivity index (χ1) is 13.6. The Labute approximate surface area is 166 Å². The van der Waals surface area contributed by atoms with Crippen molar-refractivity contribution in [2.45, 2.75) is 18.9 Å². The number of methoxy groups -OCH3 is 1. The topological polar surface area (TPSA) is 77.5 Å². The molecule has 1 unspecified atom stereocenters. The van der Waals surface area contributed by atoms with Gasteiger partial charge in [0.25, 0.3) is 5.91 Å². The van der Waals surface area contributed by atoms with Gasteiger partial charge in [-0.05, 0) is 29.3 Å². The predicted molar refractivity (Wildman–Crippen MR) is 106 cm³/mol. The van der Waals surface area contributed by atoms with Gasteiger partial charge in [0, 0.05) is 23.9 Å². The minimum atomic E-state index is -0.851. The highest BCUT2D eigenvalue weighted by atomic mass is 32.1. The Kier molecular flexibility index (Phi) is 5.08. The van der Waals surface area contributed by atoms with Gasteiger partial charge < -0.3 is 9.47 Å². The summed E-state index contributed by atoms with van der Waals surface area (Å²) in [6, 6.07) is 15.0. The van der Waals surface area contributed by atoms with Crippen LogP contribution >= 0.6 is 11.3 Å². The number of nitrogens with zero attached hydrogens (tertiary/aromatic N) is 1. The van der Waals surface area contributed by atoms with Crippen LogP contribution in [0.1, 0.15) is 26.4 Å². The molecule has 1 aliphatic heterocycles. The van der Waals surface area contributed by atoms with E-state index in [1.165, 1.54) is 11.3 Å². The lowest BCUT2D eigenvalue weighted by Crippen LogP contribution is -2.37. The van der Waals surface area contributed by atoms with E-state index in [1.807, 2.05) is 36.4 Å². The van der Waals surface area contributed by atoms with Crippen LogP contribution in [0.25, 0.3) is 0 Å². The molecule has 3 aromatic rings. The number of fused-ring (bicyclic) bond motifs is 1. The molecule has 0 aliphatic carbocycles. The molecule has 1 amide bonds. The van der Waals surface area contributed by atoms with E-state index in [0.717, 1.165) is 21.8 Å². The smallest absolute Gasteiger partial charge is 0.339 e. The number of thiazole rings is 1. The monoisotopic (exact) mass is 394 g/mol. The van der Waals surface area contributed by atoms with Crippen molar-refractivity contribution in [3.05, 3.63) is 76.3 Å². The maximum absolute atomic E-state index is 12.5. The minimum Gasteiger partial charge on any atom is -0.497 e. The van der Waals surface area contributed by atoms with Crippen LogP contribution in [0.15, 0.2) is 54.7 Å². The van der Waals surface area contributed by atoms with Gasteiger partial charge in [-0.15, -0.1) is 11.3 Å². The van der Waals surface area contributed by atoms with Crippen LogP contribution in [0.3, 0.4) is 0 Å². The second-order valence-corrected chi connectivity index (χ2v) is 7.52. The van der Waals surface area contributed by atoms with Crippen LogP contribution in [0.5, 0.6) is 5.75 Å². The van der Waals surface area contributed by atoms with Crippen molar-refractivity contribution in [3.8, 4) is 5.75 Å². The third kappa shape index (κ3) is 3.89. The summed E-state index contributed by atoms with van der Waals surface area (Å²) in [5, 5.41) is 3.25. The molecule has 0 saturated heterocycles. The molecule has 0 saturated carbocycles. The Morgan fingerprint density at radius 2 is 2.04 bits per heavy atom. The lowest BCUT2D eigenvalue weighted by molar-refractivity contribution is -0.125. The highest BCUT2D eigenvalue weighted by Gasteiger charge is 2.31. The molecule has 0 spiro atoms. The zero-order valence-corrected chi connectivity index (χ0v) is 16.0. The van der Waals surface area contributed by atoms with Crippen molar-refractivity contribution in [2.75, 3.05) is 12.4 Å². The predicted octanol–water partition coefficient (Wildman–Crippen LogP) is 3.46. The van der Waals surface area contributed by atoms with Crippen LogP contribution in [-0.2, 0) is 22.4 Å². The number of ether oxygens (including phenoxy) is 2. The number of hydrogen-bond acceptors (Lipinski definition) is 6. The number of carbonyl (C=O) groups excluding carboxylic acids is 2. The summed E-state index contributed by atoms with van der Waals surface area (Å²) in [5.41, 5.74) is 2.46. The fraction of sp³-hybridized carbons (Fsp3) is 0.190. The van der Waals surface area contributed by atoms with E-state index >= 15 is 0 Å². The second-order valence-electron chi connectivity index (χ2n) is 6.40. The number of amides is 1. The van der Waals surface area contributed by atoms with Crippen LogP contribution in [0.4, 0.5) is 5.13 Å². The Balaban J connectivity index is 1.39. The molecule has 0 bridgehead atoms. The maximum Gasteiger partial charge on any atom is 0.339 e. The van der Waals surface area contributed by atoms with E-state index < -0.39 is 12.1 Å². The Morgan fingerprint density at radius 3 is 2.82 bits per heavy atom. The molecule has 4 rings (SSSR count). The standard InChI is InChI=1S/C21H18N2O4S/c1-26-15-8-6-13(7-9-15)10-16-12-22-21(28-16)23-19(24)18-11-14-4-2-3-5-17(14)20(25)27-18/h2-9,12,18H,10-11H2,1H3,(H,22,23,24). The molecule has 28 heavy (non-hydrogen) atoms. The van der Waals surface area contributed by atoms with E-state index in [9.17, 15) is 9.59 Å². The van der Waals surface area contributed by atoms with E-state index in [-0.39, 0.29) is 5.91 Å². The largest absolute Gasteiger partial charge is 0.497 e. The number of esters is 1. The fourth-order valence-electron chi connectivity index (χ4n) is 3.06. The molecule has 1 aliphatic rings. The first-order valence-electron chi connectivity index (χ1n) is 8.80. The molecule has 2 heterocycles. The van der Waals surface area contributed by atoms with E-state index in [2.05, 4.69) is 10.3 Å². The van der Waals surface area contributed by atoms with Crippen molar-refractivity contribution in [1.82, 2.24) is 4.98 Å². The van der Waals surface area contributed by atoms with Crippen molar-refractivity contribution in [3.63, 3.8) is 0 Å². The second kappa shape index (κ2) is 7.82. The molecule has 0 fully saturated rings. The van der Waals surface area contributed by atoms with E-state index in [0.29, 0.717) is 23.5 Å². The quantitative estimate of drug-likeness (QED) is 0.671. The van der Waals surface area contributed by atoms with Gasteiger partial charge in [0.05, 0.1) is 12.7 Å². The van der Waals surface area contributed by atoms with Crippen molar-refractivity contribution >= 4 is 28.3 Å². The normalized spacial score (nSPS) is 15.5. The molecular formula is C21H18N2O4S. The van der Waals surface area contributed by atoms with Crippen LogP contribution in [0, 0.1) is 0 Å². The van der Waals surface area contributed by atoms with Gasteiger partial charge >= 0.3 is 5.97 Å². The number of carbonyl (C=O) groups is 2. The molecule has 1 aromatic heterocycles. The van der Waals surface area contributed by atoms with Gasteiger partial charge in [0.15, 0.2) is 11.2 Å². The van der Waals surface area contributed by atoms with Gasteiger partial charge in [-0.25, -0.2) is 9.78 Å². The highest BCUT2D eigenvalue weighted by Crippen LogP contribution is 2.25. The molecule has 1 N–H and O–H groups in total. The van der Waals surface area contributed by atoms with E-state index in [1.54, 1.807) is 25.4 Å². The number of anilines is 1. The first kappa shape index (κ1) is 18.2. The summed E-state index contributed by atoms with van der Waals surface area (Å²) in [6.07, 6.45) is 1.96. The summed E-state index contributed by atoms with van der Waals surface area (Å²) < 4.78 is 10.4. The number of rotatable bonds is 5. The van der Waals surface area contributed by atoms with Gasteiger partial charge in [-0.2, -0.15) is 0 Å². The molecule has 1 atom stereocenters. The zero-order chi connectivity index (χ0) is 19.5. The Morgan fingerprint density at radius 1 is 1.25 bits per heavy atom. The van der Waals surface area contributed by atoms with Crippen molar-refractivity contribution in [1.29, 1.82) is 0 Å². The molecule has 2 aromatic carbocycles. The van der Waals surface area contributed by atoms with Crippen molar-refractivity contribution < 1.29 is 19.1 Å². The van der Waals surface area contributed by atoms with Crippen LogP contribution < -0.4 is 10.1 Å². The lowest BCUT2D eigenvalue weighted by Gasteiger charge is -2.23. The SMILES string of the molecule is COc1ccc(Cc2cnc(NC(=O)C3Cc4ccccc4C(=O)O3)s2)cc1. The zero-order valence-electron chi connectivity index (χ0n) is 15.2. The summed E-state index contributed by atoms with van der Waals surface area (Å²) in [7, 11) is 1.63.